The summed E-state index contributed by atoms with van der Waals surface area (Å²) in [6.45, 7) is 4.06. The lowest BCUT2D eigenvalue weighted by molar-refractivity contribution is 0.104. The van der Waals surface area contributed by atoms with Crippen molar-refractivity contribution >= 4 is 17.5 Å². The number of rotatable bonds is 3. The molecule has 0 radical (unpaired) electrons. The van der Waals surface area contributed by atoms with Crippen LogP contribution in [0.5, 0.6) is 0 Å². The normalized spacial score (nSPS) is 25.0. The molecule has 2 heterocycles. The van der Waals surface area contributed by atoms with E-state index < -0.39 is 0 Å². The van der Waals surface area contributed by atoms with Crippen molar-refractivity contribution in [1.82, 2.24) is 10.3 Å². The first-order valence-corrected chi connectivity index (χ1v) is 9.19. The summed E-state index contributed by atoms with van der Waals surface area (Å²) in [5.74, 6) is 1.46. The van der Waals surface area contributed by atoms with Gasteiger partial charge in [-0.2, -0.15) is 0 Å². The van der Waals surface area contributed by atoms with E-state index >= 15 is 0 Å². The van der Waals surface area contributed by atoms with Gasteiger partial charge in [-0.1, -0.05) is 30.3 Å². The highest BCUT2D eigenvalue weighted by atomic mass is 16.5. The van der Waals surface area contributed by atoms with Crippen molar-refractivity contribution in [2.24, 2.45) is 5.92 Å². The molecular weight excluding hydrogens is 328 g/mol. The lowest BCUT2D eigenvalue weighted by Crippen LogP contribution is -2.35. The molecule has 3 N–H and O–H groups in total. The van der Waals surface area contributed by atoms with E-state index in [-0.39, 0.29) is 12.1 Å². The number of carbonyl (C=O) groups excluding carboxylic acids is 1. The maximum atomic E-state index is 12.5. The number of anilines is 2. The van der Waals surface area contributed by atoms with Gasteiger partial charge in [0.15, 0.2) is 0 Å². The number of fused-ring (bicyclic) bond motifs is 4. The van der Waals surface area contributed by atoms with Gasteiger partial charge in [0.1, 0.15) is 5.82 Å². The quantitative estimate of drug-likeness (QED) is 0.790. The molecule has 26 heavy (non-hydrogen) atoms. The third-order valence-corrected chi connectivity index (χ3v) is 4.93. The Morgan fingerprint density at radius 2 is 2.04 bits per heavy atom. The molecular formula is C20H24N4O2. The Morgan fingerprint density at radius 1 is 1.19 bits per heavy atom. The van der Waals surface area contributed by atoms with Crippen molar-refractivity contribution in [2.75, 3.05) is 30.4 Å². The molecule has 2 amide bonds. The van der Waals surface area contributed by atoms with Crippen LogP contribution in [0.25, 0.3) is 0 Å². The van der Waals surface area contributed by atoms with Gasteiger partial charge in [0.25, 0.3) is 0 Å². The van der Waals surface area contributed by atoms with Gasteiger partial charge in [0.2, 0.25) is 0 Å². The fraction of sp³-hybridized carbons (Fsp3) is 0.400. The van der Waals surface area contributed by atoms with E-state index in [1.54, 1.807) is 0 Å². The van der Waals surface area contributed by atoms with Gasteiger partial charge >= 0.3 is 6.03 Å². The van der Waals surface area contributed by atoms with Crippen LogP contribution in [0.3, 0.4) is 0 Å². The van der Waals surface area contributed by atoms with Gasteiger partial charge < -0.3 is 15.4 Å². The average Bonchev–Trinajstić information content (AvgIpc) is 3.41. The fourth-order valence-corrected chi connectivity index (χ4v) is 3.49. The molecule has 1 aromatic heterocycles. The number of hydrogen-bond donors (Lipinski definition) is 3. The SMILES string of the molecule is CCNc1ccc2nc1[C@@H]1C[C@@H]1COC[C@H](c1ccccc1)NC(=O)N2. The number of nitrogens with one attached hydrogen (secondary N) is 3. The van der Waals surface area contributed by atoms with Gasteiger partial charge in [-0.15, -0.1) is 0 Å². The molecule has 2 bridgehead atoms. The maximum Gasteiger partial charge on any atom is 0.320 e. The minimum absolute atomic E-state index is 0.187. The number of ether oxygens (including phenoxy) is 1. The van der Waals surface area contributed by atoms with Crippen LogP contribution in [0, 0.1) is 5.92 Å². The van der Waals surface area contributed by atoms with Crippen molar-refractivity contribution in [3.63, 3.8) is 0 Å². The maximum absolute atomic E-state index is 12.5. The van der Waals surface area contributed by atoms with Crippen LogP contribution in [0.1, 0.15) is 36.6 Å². The van der Waals surface area contributed by atoms with E-state index in [1.165, 1.54) is 0 Å². The second-order valence-corrected chi connectivity index (χ2v) is 6.86. The first-order valence-electron chi connectivity index (χ1n) is 9.19. The zero-order valence-corrected chi connectivity index (χ0v) is 14.9. The third-order valence-electron chi connectivity index (χ3n) is 4.93. The standard InChI is InChI=1S/C20H24N4O2/c1-2-21-16-8-9-18-23-19(16)15-10-14(15)11-26-12-17(22-20(25)24-18)13-6-4-3-5-7-13/h3-9,14-15,17,21H,2,10-12H2,1H3,(H2,22,23,24,25)/t14-,15-,17-/m1/s1. The first kappa shape index (κ1) is 16.8. The van der Waals surface area contributed by atoms with E-state index in [0.29, 0.717) is 30.9 Å². The van der Waals surface area contributed by atoms with Crippen LogP contribution in [-0.2, 0) is 4.74 Å². The van der Waals surface area contributed by atoms with Gasteiger partial charge in [0, 0.05) is 12.5 Å². The molecule has 6 heteroatoms. The van der Waals surface area contributed by atoms with Gasteiger partial charge in [-0.25, -0.2) is 9.78 Å². The summed E-state index contributed by atoms with van der Waals surface area (Å²) in [6, 6.07) is 13.3. The number of nitrogens with zero attached hydrogens (tertiary/aromatic N) is 1. The molecule has 0 spiro atoms. The van der Waals surface area contributed by atoms with Crippen molar-refractivity contribution in [3.8, 4) is 0 Å². The smallest absolute Gasteiger partial charge is 0.320 e. The van der Waals surface area contributed by atoms with Crippen LogP contribution in [0.15, 0.2) is 42.5 Å². The van der Waals surface area contributed by atoms with Crippen LogP contribution < -0.4 is 16.0 Å². The molecule has 1 aromatic carbocycles. The van der Waals surface area contributed by atoms with Crippen molar-refractivity contribution < 1.29 is 9.53 Å². The Bertz CT molecular complexity index is 781. The number of amides is 2. The van der Waals surface area contributed by atoms with Crippen LogP contribution >= 0.6 is 0 Å². The van der Waals surface area contributed by atoms with Crippen LogP contribution in [0.4, 0.5) is 16.3 Å². The molecule has 1 aliphatic heterocycles. The van der Waals surface area contributed by atoms with Crippen LogP contribution in [0.2, 0.25) is 0 Å². The molecule has 3 atom stereocenters. The lowest BCUT2D eigenvalue weighted by atomic mass is 10.1. The highest BCUT2D eigenvalue weighted by Crippen LogP contribution is 2.49. The Labute approximate surface area is 153 Å². The lowest BCUT2D eigenvalue weighted by Gasteiger charge is -2.21. The topological polar surface area (TPSA) is 75.3 Å². The van der Waals surface area contributed by atoms with Crippen molar-refractivity contribution in [1.29, 1.82) is 0 Å². The molecule has 1 fully saturated rings. The second kappa shape index (κ2) is 7.33. The second-order valence-electron chi connectivity index (χ2n) is 6.86. The summed E-state index contributed by atoms with van der Waals surface area (Å²) < 4.78 is 5.96. The number of benzene rings is 1. The van der Waals surface area contributed by atoms with Gasteiger partial charge in [-0.3, -0.25) is 5.32 Å². The highest BCUT2D eigenvalue weighted by molar-refractivity contribution is 5.88. The monoisotopic (exact) mass is 352 g/mol. The minimum atomic E-state index is -0.273. The average molecular weight is 352 g/mol. The summed E-state index contributed by atoms with van der Waals surface area (Å²) in [7, 11) is 0. The van der Waals surface area contributed by atoms with Crippen LogP contribution in [-0.4, -0.2) is 30.8 Å². The van der Waals surface area contributed by atoms with E-state index in [0.717, 1.165) is 29.9 Å². The summed E-state index contributed by atoms with van der Waals surface area (Å²) in [4.78, 5) is 17.2. The molecule has 1 saturated carbocycles. The Morgan fingerprint density at radius 3 is 2.85 bits per heavy atom. The fourth-order valence-electron chi connectivity index (χ4n) is 3.49. The summed E-state index contributed by atoms with van der Waals surface area (Å²) in [5, 5.41) is 9.23. The summed E-state index contributed by atoms with van der Waals surface area (Å²) in [6.07, 6.45) is 1.08. The summed E-state index contributed by atoms with van der Waals surface area (Å²) in [5.41, 5.74) is 3.10. The van der Waals surface area contributed by atoms with Crippen molar-refractivity contribution in [2.45, 2.75) is 25.3 Å². The molecule has 2 aliphatic rings. The Balaban J connectivity index is 1.59. The van der Waals surface area contributed by atoms with Gasteiger partial charge in [0.05, 0.1) is 30.6 Å². The predicted molar refractivity (Wildman–Crippen MR) is 101 cm³/mol. The molecule has 0 saturated heterocycles. The zero-order valence-electron chi connectivity index (χ0n) is 14.9. The predicted octanol–water partition coefficient (Wildman–Crippen LogP) is 3.51. The Kier molecular flexibility index (Phi) is 4.75. The van der Waals surface area contributed by atoms with E-state index in [1.807, 2.05) is 42.5 Å². The first-order chi connectivity index (χ1) is 12.7. The zero-order chi connectivity index (χ0) is 17.9. The number of urea groups is 1. The third kappa shape index (κ3) is 3.65. The molecule has 1 aliphatic carbocycles. The highest BCUT2D eigenvalue weighted by Gasteiger charge is 2.41. The van der Waals surface area contributed by atoms with E-state index in [4.69, 9.17) is 9.72 Å². The number of aromatic nitrogens is 1. The molecule has 0 unspecified atom stereocenters. The number of hydrogen-bond acceptors (Lipinski definition) is 4. The summed E-state index contributed by atoms with van der Waals surface area (Å²) >= 11 is 0. The van der Waals surface area contributed by atoms with E-state index in [2.05, 4.69) is 22.9 Å². The molecule has 4 rings (SSSR count). The molecule has 2 aromatic rings. The van der Waals surface area contributed by atoms with Crippen molar-refractivity contribution in [3.05, 3.63) is 53.7 Å². The largest absolute Gasteiger partial charge is 0.384 e. The minimum Gasteiger partial charge on any atom is -0.384 e. The number of pyridine rings is 1. The van der Waals surface area contributed by atoms with E-state index in [9.17, 15) is 4.79 Å². The molecule has 136 valence electrons. The Hall–Kier alpha value is -2.60. The molecule has 6 nitrogen and oxygen atoms in total. The van der Waals surface area contributed by atoms with Gasteiger partial charge in [-0.05, 0) is 37.0 Å². The number of carbonyl (C=O) groups is 1.